The van der Waals surface area contributed by atoms with Crippen molar-refractivity contribution in [2.24, 2.45) is 5.92 Å². The Morgan fingerprint density at radius 2 is 1.77 bits per heavy atom. The first-order chi connectivity index (χ1) is 38.6. The zero-order valence-corrected chi connectivity index (χ0v) is 44.9. The Hall–Kier alpha value is -7.79. The number of fused-ring (bicyclic) bond motifs is 4. The lowest BCUT2D eigenvalue weighted by atomic mass is 9.93. The van der Waals surface area contributed by atoms with Gasteiger partial charge >= 0.3 is 12.2 Å². The number of aryl methyl sites for hydroxylation is 1. The third kappa shape index (κ3) is 10.5. The Labute approximate surface area is 461 Å². The van der Waals surface area contributed by atoms with Crippen LogP contribution >= 0.6 is 11.6 Å². The summed E-state index contributed by atoms with van der Waals surface area (Å²) >= 11 is 6.68. The van der Waals surface area contributed by atoms with Gasteiger partial charge in [-0.2, -0.15) is 28.2 Å². The fraction of sp³-hybridized carbons (Fsp3) is 0.368. The SMILES string of the molecule is COCCOc1nc(N2CC3CC2CN3)c2cc(C(F)(F)F)c(-c3c(Cl)c(F)cc4[nH]ncc34)c(OCc3ccc(-c4cn(C(C(=O)N5CCCC5C(=O)NC(CO)c5ccc(-c6cccnc6C)cc5)C(C)C)nn4)cc3)c2n1. The van der Waals surface area contributed by atoms with E-state index in [1.807, 2.05) is 62.1 Å². The monoisotopic (exact) mass is 1120 g/mol. The van der Waals surface area contributed by atoms with Crippen LogP contribution in [0.4, 0.5) is 23.4 Å². The Morgan fingerprint density at radius 3 is 2.48 bits per heavy atom. The molecule has 0 spiro atoms. The van der Waals surface area contributed by atoms with Crippen LogP contribution in [0.1, 0.15) is 67.6 Å². The molecule has 80 heavy (non-hydrogen) atoms. The molecule has 11 rings (SSSR count). The average molecular weight is 1120 g/mol. The number of carbonyl (C=O) groups is 2. The van der Waals surface area contributed by atoms with Gasteiger partial charge in [-0.15, -0.1) is 5.10 Å². The van der Waals surface area contributed by atoms with E-state index in [9.17, 15) is 14.7 Å². The van der Waals surface area contributed by atoms with E-state index < -0.39 is 46.3 Å². The molecule has 0 saturated carbocycles. The Morgan fingerprint density at radius 1 is 0.988 bits per heavy atom. The first-order valence-electron chi connectivity index (χ1n) is 26.4. The molecule has 2 bridgehead atoms. The average Bonchev–Trinajstić information content (AvgIpc) is 4.36. The molecule has 416 valence electrons. The van der Waals surface area contributed by atoms with Crippen molar-refractivity contribution in [1.82, 2.24) is 55.7 Å². The van der Waals surface area contributed by atoms with E-state index in [1.54, 1.807) is 41.6 Å². The molecule has 4 N–H and O–H groups in total. The van der Waals surface area contributed by atoms with Gasteiger partial charge in [0.1, 0.15) is 48.1 Å². The molecule has 3 aliphatic heterocycles. The second-order valence-electron chi connectivity index (χ2n) is 20.7. The van der Waals surface area contributed by atoms with Crippen molar-refractivity contribution in [3.8, 4) is 45.3 Å². The number of methoxy groups -OCH3 is 1. The number of aromatic nitrogens is 8. The van der Waals surface area contributed by atoms with E-state index in [2.05, 4.69) is 36.1 Å². The number of carbonyl (C=O) groups excluding carboxylic acids is 2. The van der Waals surface area contributed by atoms with Crippen molar-refractivity contribution in [2.75, 3.05) is 51.5 Å². The number of rotatable bonds is 18. The quantitative estimate of drug-likeness (QED) is 0.0468. The van der Waals surface area contributed by atoms with Crippen molar-refractivity contribution >= 4 is 51.0 Å². The van der Waals surface area contributed by atoms with Crippen molar-refractivity contribution < 1.29 is 46.5 Å². The van der Waals surface area contributed by atoms with Crippen molar-refractivity contribution in [1.29, 1.82) is 0 Å². The number of pyridine rings is 1. The number of hydrogen-bond donors (Lipinski definition) is 4. The standard InChI is InChI=1S/C57H57ClF4N12O6/c1-30(2)51(55(77)72-18-6-8-46(72)54(76)66-45(28-75)35-15-13-33(14-16-35)38-7-5-17-63-31(38)3)74-27-44(70-71-74)34-11-9-32(10-12-34)29-80-52-48(47-40-25-65-69-43(40)23-42(59)49(47)58)41(57(60,61)62)22-39-50(52)67-56(79-20-19-78-4)68-53(39)73-26-36-21-37(73)24-64-36/h5,7,9-17,22-23,25,27,30,36-37,45-46,51,64,75H,6,8,18-21,24,26,28-29H2,1-4H3,(H,65,69)(H,66,76). The third-order valence-corrected chi connectivity index (χ3v) is 15.6. The van der Waals surface area contributed by atoms with Crippen molar-refractivity contribution in [2.45, 2.75) is 83.0 Å². The highest BCUT2D eigenvalue weighted by Gasteiger charge is 2.44. The minimum atomic E-state index is -5.02. The molecule has 2 amide bonds. The lowest BCUT2D eigenvalue weighted by Crippen LogP contribution is -2.50. The van der Waals surface area contributed by atoms with Crippen LogP contribution < -0.4 is 25.0 Å². The second kappa shape index (κ2) is 22.4. The number of amides is 2. The first kappa shape index (κ1) is 54.2. The van der Waals surface area contributed by atoms with Crippen LogP contribution in [0.2, 0.25) is 5.02 Å². The summed E-state index contributed by atoms with van der Waals surface area (Å²) in [6, 6.07) is 18.0. The molecule has 3 saturated heterocycles. The van der Waals surface area contributed by atoms with Crippen molar-refractivity contribution in [3.63, 3.8) is 0 Å². The van der Waals surface area contributed by atoms with E-state index >= 15 is 17.6 Å². The van der Waals surface area contributed by atoms with Gasteiger partial charge in [-0.25, -0.2) is 9.07 Å². The maximum atomic E-state index is 15.8. The predicted molar refractivity (Wildman–Crippen MR) is 290 cm³/mol. The van der Waals surface area contributed by atoms with Gasteiger partial charge in [-0.05, 0) is 60.9 Å². The van der Waals surface area contributed by atoms with Crippen LogP contribution in [0.3, 0.4) is 0 Å². The second-order valence-corrected chi connectivity index (χ2v) is 21.0. The molecular weight excluding hydrogens is 1060 g/mol. The summed E-state index contributed by atoms with van der Waals surface area (Å²) in [4.78, 5) is 45.8. The van der Waals surface area contributed by atoms with Gasteiger partial charge in [0.05, 0.1) is 47.8 Å². The summed E-state index contributed by atoms with van der Waals surface area (Å²) in [7, 11) is 1.50. The molecular formula is C57H57ClF4N12O6. The van der Waals surface area contributed by atoms with Gasteiger partial charge < -0.3 is 39.8 Å². The summed E-state index contributed by atoms with van der Waals surface area (Å²) in [5.41, 5.74) is 3.17. The number of nitrogens with one attached hydrogen (secondary N) is 3. The van der Waals surface area contributed by atoms with Crippen LogP contribution in [-0.4, -0.2) is 127 Å². The van der Waals surface area contributed by atoms with Gasteiger partial charge in [-0.3, -0.25) is 19.7 Å². The van der Waals surface area contributed by atoms with E-state index in [4.69, 9.17) is 35.8 Å². The maximum absolute atomic E-state index is 15.8. The number of nitrogens with zero attached hydrogens (tertiary/aromatic N) is 9. The first-order valence-corrected chi connectivity index (χ1v) is 26.7. The number of piperazine rings is 1. The van der Waals surface area contributed by atoms with Gasteiger partial charge in [0.25, 0.3) is 0 Å². The number of H-pyrrole nitrogens is 1. The molecule has 4 aromatic carbocycles. The van der Waals surface area contributed by atoms with E-state index in [0.29, 0.717) is 54.9 Å². The predicted octanol–water partition coefficient (Wildman–Crippen LogP) is 8.81. The molecule has 3 aliphatic rings. The molecule has 23 heteroatoms. The number of halogens is 5. The molecule has 3 fully saturated rings. The minimum Gasteiger partial charge on any atom is -0.486 e. The Bertz CT molecular complexity index is 3600. The van der Waals surface area contributed by atoms with E-state index in [1.165, 1.54) is 18.0 Å². The summed E-state index contributed by atoms with van der Waals surface area (Å²) in [6.45, 7) is 6.70. The summed E-state index contributed by atoms with van der Waals surface area (Å²) in [5, 5.41) is 31.9. The number of aromatic amines is 1. The minimum absolute atomic E-state index is 0.0193. The highest BCUT2D eigenvalue weighted by atomic mass is 35.5. The number of alkyl halides is 3. The van der Waals surface area contributed by atoms with Gasteiger partial charge in [0.15, 0.2) is 5.75 Å². The number of hydrogen-bond acceptors (Lipinski definition) is 14. The van der Waals surface area contributed by atoms with Crippen LogP contribution in [-0.2, 0) is 27.1 Å². The fourth-order valence-corrected chi connectivity index (χ4v) is 11.5. The number of anilines is 1. The number of aliphatic hydroxyl groups excluding tert-OH is 1. The lowest BCUT2D eigenvalue weighted by molar-refractivity contribution is -0.142. The summed E-state index contributed by atoms with van der Waals surface area (Å²) in [6.07, 6.45) is 1.45. The van der Waals surface area contributed by atoms with E-state index in [-0.39, 0.29) is 101 Å². The summed E-state index contributed by atoms with van der Waals surface area (Å²) in [5.74, 6) is -2.04. The number of benzene rings is 4. The third-order valence-electron chi connectivity index (χ3n) is 15.2. The largest absolute Gasteiger partial charge is 0.486 e. The molecule has 7 heterocycles. The van der Waals surface area contributed by atoms with Crippen LogP contribution in [0.5, 0.6) is 11.8 Å². The van der Waals surface area contributed by atoms with E-state index in [0.717, 1.165) is 35.4 Å². The zero-order valence-electron chi connectivity index (χ0n) is 44.1. The molecule has 5 atom stereocenters. The highest BCUT2D eigenvalue weighted by molar-refractivity contribution is 6.35. The lowest BCUT2D eigenvalue weighted by Gasteiger charge is -2.30. The summed E-state index contributed by atoms with van der Waals surface area (Å²) < 4.78 is 82.2. The smallest absolute Gasteiger partial charge is 0.417 e. The Kier molecular flexibility index (Phi) is 15.2. The molecule has 8 aromatic rings. The van der Waals surface area contributed by atoms with Crippen LogP contribution in [0, 0.1) is 18.7 Å². The Balaban J connectivity index is 0.869. The van der Waals surface area contributed by atoms with Gasteiger partial charge in [-0.1, -0.05) is 85.3 Å². The van der Waals surface area contributed by atoms with Crippen molar-refractivity contribution in [3.05, 3.63) is 125 Å². The van der Waals surface area contributed by atoms with Crippen LogP contribution in [0.25, 0.3) is 55.3 Å². The molecule has 4 aromatic heterocycles. The van der Waals surface area contributed by atoms with Crippen LogP contribution in [0.15, 0.2) is 91.4 Å². The fourth-order valence-electron chi connectivity index (χ4n) is 11.2. The molecule has 5 unspecified atom stereocenters. The highest BCUT2D eigenvalue weighted by Crippen LogP contribution is 2.52. The topological polar surface area (TPSA) is 211 Å². The van der Waals surface area contributed by atoms with Gasteiger partial charge in [0.2, 0.25) is 11.8 Å². The normalized spacial score (nSPS) is 18.0. The maximum Gasteiger partial charge on any atom is 0.417 e. The molecule has 0 radical (unpaired) electrons. The molecule has 0 aliphatic carbocycles. The zero-order chi connectivity index (χ0) is 56.0. The number of ether oxygens (including phenoxy) is 3. The number of aliphatic hydroxyl groups is 1. The van der Waals surface area contributed by atoms with Gasteiger partial charge in [0, 0.05) is 89.8 Å². The molecule has 18 nitrogen and oxygen atoms in total. The number of likely N-dealkylation sites (tertiary alicyclic amines) is 1.